The van der Waals surface area contributed by atoms with Gasteiger partial charge in [0.05, 0.1) is 10.7 Å². The Morgan fingerprint density at radius 3 is 2.52 bits per heavy atom. The maximum absolute atomic E-state index is 12.0. The van der Waals surface area contributed by atoms with E-state index in [1.807, 2.05) is 0 Å². The van der Waals surface area contributed by atoms with Crippen LogP contribution < -0.4 is 5.43 Å². The fraction of sp³-hybridized carbons (Fsp3) is 0.200. The molecule has 0 saturated heterocycles. The minimum absolute atomic E-state index is 0.0128. The van der Waals surface area contributed by atoms with Crippen molar-refractivity contribution in [1.82, 2.24) is 4.68 Å². The lowest BCUT2D eigenvalue weighted by Gasteiger charge is -2.11. The molecule has 1 aromatic heterocycles. The van der Waals surface area contributed by atoms with Crippen molar-refractivity contribution < 1.29 is 14.5 Å². The van der Waals surface area contributed by atoms with Crippen molar-refractivity contribution in [3.8, 4) is 0 Å². The molecule has 120 valence electrons. The summed E-state index contributed by atoms with van der Waals surface area (Å²) in [5.74, 6) is -0.0710. The highest BCUT2D eigenvalue weighted by Crippen LogP contribution is 2.21. The molecule has 0 fully saturated rings. The van der Waals surface area contributed by atoms with E-state index in [4.69, 9.17) is 0 Å². The number of carbonyl (C=O) groups is 2. The van der Waals surface area contributed by atoms with Crippen LogP contribution in [0.4, 0.5) is 5.69 Å². The zero-order valence-electron chi connectivity index (χ0n) is 12.6. The van der Waals surface area contributed by atoms with Gasteiger partial charge in [-0.15, -0.1) is 11.8 Å². The average Bonchev–Trinajstić information content (AvgIpc) is 2.80. The summed E-state index contributed by atoms with van der Waals surface area (Å²) < 4.78 is 1.57. The van der Waals surface area contributed by atoms with E-state index in [1.165, 1.54) is 23.9 Å². The predicted octanol–water partition coefficient (Wildman–Crippen LogP) is 2.69. The van der Waals surface area contributed by atoms with Crippen molar-refractivity contribution in [2.24, 2.45) is 0 Å². The van der Waals surface area contributed by atoms with Crippen LogP contribution in [0.15, 0.2) is 35.2 Å². The van der Waals surface area contributed by atoms with Gasteiger partial charge in [0.2, 0.25) is 5.91 Å². The number of aryl methyl sites for hydroxylation is 1. The SMILES string of the molecule is Cc1cc(C=O)c(C)n1NC(=O)CSc1ccc([N+](=O)[O-])cc1. The predicted molar refractivity (Wildman–Crippen MR) is 87.5 cm³/mol. The Hall–Kier alpha value is -2.61. The number of thioether (sulfide) groups is 1. The van der Waals surface area contributed by atoms with Crippen LogP contribution in [-0.2, 0) is 4.79 Å². The molecule has 7 nitrogen and oxygen atoms in total. The summed E-state index contributed by atoms with van der Waals surface area (Å²) in [5, 5.41) is 10.6. The number of hydrogen-bond acceptors (Lipinski definition) is 5. The summed E-state index contributed by atoms with van der Waals surface area (Å²) in [7, 11) is 0. The van der Waals surface area contributed by atoms with E-state index in [0.29, 0.717) is 11.3 Å². The fourth-order valence-corrected chi connectivity index (χ4v) is 2.74. The van der Waals surface area contributed by atoms with Crippen LogP contribution in [0, 0.1) is 24.0 Å². The molecule has 0 unspecified atom stereocenters. The van der Waals surface area contributed by atoms with Crippen LogP contribution in [-0.4, -0.2) is 27.5 Å². The molecule has 0 aliphatic heterocycles. The molecule has 23 heavy (non-hydrogen) atoms. The quantitative estimate of drug-likeness (QED) is 0.379. The van der Waals surface area contributed by atoms with Gasteiger partial charge in [0.1, 0.15) is 0 Å². The molecule has 0 atom stereocenters. The van der Waals surface area contributed by atoms with Crippen molar-refractivity contribution in [2.45, 2.75) is 18.7 Å². The molecule has 0 bridgehead atoms. The molecule has 0 aliphatic rings. The topological polar surface area (TPSA) is 94.2 Å². The first kappa shape index (κ1) is 16.8. The number of non-ortho nitro benzene ring substituents is 1. The molecule has 0 aliphatic carbocycles. The van der Waals surface area contributed by atoms with E-state index in [2.05, 4.69) is 5.43 Å². The van der Waals surface area contributed by atoms with Gasteiger partial charge in [0.25, 0.3) is 5.69 Å². The smallest absolute Gasteiger partial charge is 0.269 e. The molecule has 0 saturated carbocycles. The zero-order valence-corrected chi connectivity index (χ0v) is 13.4. The molecule has 0 radical (unpaired) electrons. The number of carbonyl (C=O) groups excluding carboxylic acids is 2. The molecule has 1 amide bonds. The summed E-state index contributed by atoms with van der Waals surface area (Å²) in [4.78, 5) is 33.8. The third kappa shape index (κ3) is 3.98. The maximum atomic E-state index is 12.0. The molecule has 2 aromatic rings. The minimum Gasteiger partial charge on any atom is -0.298 e. The van der Waals surface area contributed by atoms with Crippen LogP contribution in [0.2, 0.25) is 0 Å². The Kier molecular flexibility index (Phi) is 5.17. The second-order valence-corrected chi connectivity index (χ2v) is 5.90. The first-order valence-corrected chi connectivity index (χ1v) is 7.72. The van der Waals surface area contributed by atoms with Gasteiger partial charge < -0.3 is 0 Å². The van der Waals surface area contributed by atoms with Gasteiger partial charge in [-0.2, -0.15) is 0 Å². The average molecular weight is 333 g/mol. The van der Waals surface area contributed by atoms with Gasteiger partial charge in [-0.3, -0.25) is 29.8 Å². The molecule has 1 heterocycles. The molecule has 2 rings (SSSR count). The van der Waals surface area contributed by atoms with Crippen molar-refractivity contribution >= 4 is 29.6 Å². The number of nitro groups is 1. The number of nitrogens with zero attached hydrogens (tertiary/aromatic N) is 2. The number of nitrogens with one attached hydrogen (secondary N) is 1. The Bertz CT molecular complexity index is 753. The van der Waals surface area contributed by atoms with Gasteiger partial charge in [-0.05, 0) is 32.0 Å². The maximum Gasteiger partial charge on any atom is 0.269 e. The van der Waals surface area contributed by atoms with Gasteiger partial charge in [-0.1, -0.05) is 0 Å². The Labute approximate surface area is 136 Å². The first-order chi connectivity index (χ1) is 10.9. The summed E-state index contributed by atoms with van der Waals surface area (Å²) in [6.45, 7) is 3.55. The fourth-order valence-electron chi connectivity index (χ4n) is 2.05. The summed E-state index contributed by atoms with van der Waals surface area (Å²) in [6, 6.07) is 7.71. The Balaban J connectivity index is 1.96. The minimum atomic E-state index is -0.469. The number of hydrogen-bond donors (Lipinski definition) is 1. The summed E-state index contributed by atoms with van der Waals surface area (Å²) >= 11 is 1.27. The van der Waals surface area contributed by atoms with Gasteiger partial charge in [0.15, 0.2) is 6.29 Å². The molecule has 8 heteroatoms. The largest absolute Gasteiger partial charge is 0.298 e. The van der Waals surface area contributed by atoms with E-state index in [-0.39, 0.29) is 17.3 Å². The number of nitro benzene ring substituents is 1. The van der Waals surface area contributed by atoms with E-state index in [1.54, 1.807) is 36.7 Å². The van der Waals surface area contributed by atoms with Gasteiger partial charge >= 0.3 is 0 Å². The highest BCUT2D eigenvalue weighted by molar-refractivity contribution is 8.00. The van der Waals surface area contributed by atoms with Crippen molar-refractivity contribution in [3.63, 3.8) is 0 Å². The van der Waals surface area contributed by atoms with Crippen molar-refractivity contribution in [3.05, 3.63) is 57.4 Å². The van der Waals surface area contributed by atoms with E-state index < -0.39 is 4.92 Å². The number of rotatable bonds is 6. The lowest BCUT2D eigenvalue weighted by molar-refractivity contribution is -0.384. The van der Waals surface area contributed by atoms with Crippen molar-refractivity contribution in [2.75, 3.05) is 11.2 Å². The molecule has 0 spiro atoms. The van der Waals surface area contributed by atoms with Crippen LogP contribution in [0.3, 0.4) is 0 Å². The number of aldehydes is 1. The van der Waals surface area contributed by atoms with Crippen molar-refractivity contribution in [1.29, 1.82) is 0 Å². The second kappa shape index (κ2) is 7.10. The molecular formula is C15H15N3O4S. The summed E-state index contributed by atoms with van der Waals surface area (Å²) in [6.07, 6.45) is 0.747. The standard InChI is InChI=1S/C15H15N3O4S/c1-10-7-12(8-19)11(2)17(10)16-15(20)9-23-14-5-3-13(4-6-14)18(21)22/h3-8H,9H2,1-2H3,(H,16,20). The van der Waals surface area contributed by atoms with E-state index in [0.717, 1.165) is 16.9 Å². The lowest BCUT2D eigenvalue weighted by atomic mass is 10.3. The van der Waals surface area contributed by atoms with Crippen LogP contribution in [0.1, 0.15) is 21.7 Å². The molecule has 1 N–H and O–H groups in total. The lowest BCUT2D eigenvalue weighted by Crippen LogP contribution is -2.26. The highest BCUT2D eigenvalue weighted by Gasteiger charge is 2.11. The highest BCUT2D eigenvalue weighted by atomic mass is 32.2. The Morgan fingerprint density at radius 2 is 2.00 bits per heavy atom. The Morgan fingerprint density at radius 1 is 1.35 bits per heavy atom. The van der Waals surface area contributed by atoms with Crippen LogP contribution in [0.5, 0.6) is 0 Å². The zero-order chi connectivity index (χ0) is 17.0. The monoisotopic (exact) mass is 333 g/mol. The van der Waals surface area contributed by atoms with E-state index >= 15 is 0 Å². The third-order valence-electron chi connectivity index (χ3n) is 3.25. The van der Waals surface area contributed by atoms with E-state index in [9.17, 15) is 19.7 Å². The second-order valence-electron chi connectivity index (χ2n) is 4.85. The van der Waals surface area contributed by atoms with Crippen LogP contribution >= 0.6 is 11.8 Å². The first-order valence-electron chi connectivity index (χ1n) is 6.73. The number of amides is 1. The molecular weight excluding hydrogens is 318 g/mol. The van der Waals surface area contributed by atoms with Crippen LogP contribution in [0.25, 0.3) is 0 Å². The molecule has 1 aromatic carbocycles. The summed E-state index contributed by atoms with van der Waals surface area (Å²) in [5.41, 5.74) is 4.70. The normalized spacial score (nSPS) is 10.3. The number of benzene rings is 1. The van der Waals surface area contributed by atoms with Gasteiger partial charge in [0, 0.05) is 34.0 Å². The number of aromatic nitrogens is 1. The van der Waals surface area contributed by atoms with Gasteiger partial charge in [-0.25, -0.2) is 0 Å². The third-order valence-corrected chi connectivity index (χ3v) is 4.26.